The van der Waals surface area contributed by atoms with Crippen molar-refractivity contribution < 1.29 is 14.2 Å². The Bertz CT molecular complexity index is 1600. The molecule has 0 fully saturated rings. The number of benzene rings is 3. The molecule has 8 heteroatoms. The summed E-state index contributed by atoms with van der Waals surface area (Å²) in [6.07, 6.45) is 2.00. The van der Waals surface area contributed by atoms with Gasteiger partial charge in [-0.15, -0.1) is 0 Å². The van der Waals surface area contributed by atoms with Crippen LogP contribution in [0.1, 0.15) is 37.8 Å². The third kappa shape index (κ3) is 5.08. The molecule has 0 saturated carbocycles. The fraction of sp³-hybridized carbons (Fsp3) is 0.267. The zero-order valence-electron chi connectivity index (χ0n) is 22.1. The Morgan fingerprint density at radius 3 is 2.55 bits per heavy atom. The first-order valence-corrected chi connectivity index (χ1v) is 12.7. The number of nitrogens with zero attached hydrogens (tertiary/aromatic N) is 3. The van der Waals surface area contributed by atoms with Crippen molar-refractivity contribution in [2.45, 2.75) is 33.3 Å². The summed E-state index contributed by atoms with van der Waals surface area (Å²) >= 11 is 0. The molecule has 5 aromatic rings. The smallest absolute Gasteiger partial charge is 0.348 e. The molecule has 0 radical (unpaired) electrons. The van der Waals surface area contributed by atoms with E-state index in [4.69, 9.17) is 14.2 Å². The summed E-state index contributed by atoms with van der Waals surface area (Å²) in [5.74, 6) is 1.85. The molecule has 0 spiro atoms. The quantitative estimate of drug-likeness (QED) is 0.189. The first-order chi connectivity index (χ1) is 18.5. The fourth-order valence-electron chi connectivity index (χ4n) is 4.50. The molecule has 2 heterocycles. The second-order valence-corrected chi connectivity index (χ2v) is 9.43. The van der Waals surface area contributed by atoms with E-state index in [0.717, 1.165) is 22.0 Å². The molecule has 2 aromatic heterocycles. The average Bonchev–Trinajstić information content (AvgIpc) is 3.49. The molecule has 5 rings (SSSR count). The zero-order chi connectivity index (χ0) is 26.6. The van der Waals surface area contributed by atoms with Crippen LogP contribution in [0.25, 0.3) is 28.0 Å². The van der Waals surface area contributed by atoms with Crippen molar-refractivity contribution in [1.82, 2.24) is 19.3 Å². The van der Waals surface area contributed by atoms with Crippen molar-refractivity contribution in [2.75, 3.05) is 13.4 Å². The Morgan fingerprint density at radius 2 is 1.79 bits per heavy atom. The molecule has 196 valence electrons. The minimum atomic E-state index is -0.327. The van der Waals surface area contributed by atoms with Gasteiger partial charge in [0.05, 0.1) is 11.3 Å². The van der Waals surface area contributed by atoms with Gasteiger partial charge >= 0.3 is 5.69 Å². The van der Waals surface area contributed by atoms with E-state index in [2.05, 4.69) is 24.0 Å². The molecule has 0 aliphatic heterocycles. The number of aryl methyl sites for hydroxylation is 1. The highest BCUT2D eigenvalue weighted by Gasteiger charge is 2.22. The molecule has 0 amide bonds. The van der Waals surface area contributed by atoms with Crippen molar-refractivity contribution >= 4 is 10.9 Å². The Morgan fingerprint density at radius 1 is 0.974 bits per heavy atom. The van der Waals surface area contributed by atoms with Gasteiger partial charge in [0.2, 0.25) is 0 Å². The van der Waals surface area contributed by atoms with Crippen LogP contribution in [0.2, 0.25) is 0 Å². The van der Waals surface area contributed by atoms with Crippen LogP contribution < -0.4 is 15.2 Å². The molecule has 0 unspecified atom stereocenters. The van der Waals surface area contributed by atoms with Crippen LogP contribution in [0.15, 0.2) is 77.7 Å². The third-order valence-corrected chi connectivity index (χ3v) is 6.51. The average molecular weight is 513 g/mol. The normalized spacial score (nSPS) is 11.4. The third-order valence-electron chi connectivity index (χ3n) is 6.51. The predicted octanol–water partition coefficient (Wildman–Crippen LogP) is 5.79. The highest BCUT2D eigenvalue weighted by atomic mass is 16.7. The van der Waals surface area contributed by atoms with Gasteiger partial charge in [-0.05, 0) is 54.3 Å². The molecule has 3 aromatic carbocycles. The lowest BCUT2D eigenvalue weighted by Crippen LogP contribution is -2.16. The number of ether oxygens (including phenoxy) is 3. The number of H-pyrrole nitrogens is 1. The van der Waals surface area contributed by atoms with Gasteiger partial charge in [-0.25, -0.2) is 14.5 Å². The van der Waals surface area contributed by atoms with Crippen LogP contribution in [0.4, 0.5) is 0 Å². The SMILES string of the molecule is CCOCOc1cc(OCc2ccccc2)c(-c2n[nH]c(=O)n2-c2ccc3c(ccn3C)c2)cc1C(C)C. The number of rotatable bonds is 10. The van der Waals surface area contributed by atoms with Gasteiger partial charge in [-0.2, -0.15) is 5.10 Å². The van der Waals surface area contributed by atoms with Crippen molar-refractivity contribution in [1.29, 1.82) is 0 Å². The summed E-state index contributed by atoms with van der Waals surface area (Å²) in [6.45, 7) is 7.16. The lowest BCUT2D eigenvalue weighted by molar-refractivity contribution is 0.0216. The van der Waals surface area contributed by atoms with Crippen LogP contribution in [0.3, 0.4) is 0 Å². The number of nitrogens with one attached hydrogen (secondary N) is 1. The van der Waals surface area contributed by atoms with E-state index in [1.807, 2.05) is 91.5 Å². The highest BCUT2D eigenvalue weighted by Crippen LogP contribution is 2.39. The van der Waals surface area contributed by atoms with Gasteiger partial charge in [0.15, 0.2) is 12.6 Å². The molecule has 0 aliphatic rings. The first-order valence-electron chi connectivity index (χ1n) is 12.7. The Labute approximate surface area is 221 Å². The zero-order valence-corrected chi connectivity index (χ0v) is 22.1. The van der Waals surface area contributed by atoms with Crippen molar-refractivity contribution in [3.63, 3.8) is 0 Å². The van der Waals surface area contributed by atoms with E-state index in [1.54, 1.807) is 4.57 Å². The molecule has 0 bridgehead atoms. The maximum atomic E-state index is 13.1. The summed E-state index contributed by atoms with van der Waals surface area (Å²) < 4.78 is 21.4. The second-order valence-electron chi connectivity index (χ2n) is 9.43. The van der Waals surface area contributed by atoms with E-state index >= 15 is 0 Å². The van der Waals surface area contributed by atoms with Crippen LogP contribution in [0, 0.1) is 0 Å². The number of hydrogen-bond donors (Lipinski definition) is 1. The predicted molar refractivity (Wildman–Crippen MR) is 148 cm³/mol. The van der Waals surface area contributed by atoms with Gasteiger partial charge in [-0.3, -0.25) is 0 Å². The van der Waals surface area contributed by atoms with Gasteiger partial charge in [0, 0.05) is 36.8 Å². The summed E-state index contributed by atoms with van der Waals surface area (Å²) in [7, 11) is 2.00. The largest absolute Gasteiger partial charge is 0.488 e. The van der Waals surface area contributed by atoms with Crippen molar-refractivity contribution in [2.24, 2.45) is 7.05 Å². The molecular formula is C30H32N4O4. The van der Waals surface area contributed by atoms with Crippen molar-refractivity contribution in [3.05, 3.63) is 94.5 Å². The minimum absolute atomic E-state index is 0.137. The Kier molecular flexibility index (Phi) is 7.33. The molecule has 1 N–H and O–H groups in total. The number of fused-ring (bicyclic) bond motifs is 1. The van der Waals surface area contributed by atoms with E-state index in [0.29, 0.717) is 41.8 Å². The molecule has 0 saturated heterocycles. The standard InChI is InChI=1S/C30H32N4O4/c1-5-36-19-38-27-17-28(37-18-21-9-7-6-8-10-21)25(16-24(27)20(2)3)29-31-32-30(35)34(29)23-11-12-26-22(15-23)13-14-33(26)4/h6-17,20H,5,18-19H2,1-4H3,(H,32,35). The van der Waals surface area contributed by atoms with Crippen LogP contribution in [-0.4, -0.2) is 32.7 Å². The number of hydrogen-bond acceptors (Lipinski definition) is 5. The maximum Gasteiger partial charge on any atom is 0.348 e. The van der Waals surface area contributed by atoms with Gasteiger partial charge in [-0.1, -0.05) is 44.2 Å². The fourth-order valence-corrected chi connectivity index (χ4v) is 4.50. The summed E-state index contributed by atoms with van der Waals surface area (Å²) in [6, 6.07) is 21.8. The minimum Gasteiger partial charge on any atom is -0.488 e. The maximum absolute atomic E-state index is 13.1. The molecule has 38 heavy (non-hydrogen) atoms. The second kappa shape index (κ2) is 11.0. The lowest BCUT2D eigenvalue weighted by Gasteiger charge is -2.19. The molecule has 8 nitrogen and oxygen atoms in total. The molecule has 0 atom stereocenters. The van der Waals surface area contributed by atoms with E-state index in [1.165, 1.54) is 0 Å². The highest BCUT2D eigenvalue weighted by molar-refractivity contribution is 5.82. The molecule has 0 aliphatic carbocycles. The van der Waals surface area contributed by atoms with E-state index in [9.17, 15) is 4.79 Å². The summed E-state index contributed by atoms with van der Waals surface area (Å²) in [4.78, 5) is 13.1. The van der Waals surface area contributed by atoms with Gasteiger partial charge in [0.25, 0.3) is 0 Å². The van der Waals surface area contributed by atoms with Crippen LogP contribution in [0.5, 0.6) is 11.5 Å². The van der Waals surface area contributed by atoms with Gasteiger partial charge < -0.3 is 18.8 Å². The number of aromatic nitrogens is 4. The van der Waals surface area contributed by atoms with Gasteiger partial charge in [0.1, 0.15) is 18.1 Å². The topological polar surface area (TPSA) is 83.3 Å². The Balaban J connectivity index is 1.64. The monoisotopic (exact) mass is 512 g/mol. The Hall–Kier alpha value is -4.30. The van der Waals surface area contributed by atoms with E-state index < -0.39 is 0 Å². The summed E-state index contributed by atoms with van der Waals surface area (Å²) in [5, 5.41) is 8.12. The molecular weight excluding hydrogens is 480 g/mol. The van der Waals surface area contributed by atoms with E-state index in [-0.39, 0.29) is 18.4 Å². The summed E-state index contributed by atoms with van der Waals surface area (Å²) in [5.41, 5.74) is 4.15. The number of aromatic amines is 1. The van der Waals surface area contributed by atoms with Crippen molar-refractivity contribution in [3.8, 4) is 28.6 Å². The van der Waals surface area contributed by atoms with Crippen LogP contribution >= 0.6 is 0 Å². The first kappa shape index (κ1) is 25.4. The van der Waals surface area contributed by atoms with Crippen LogP contribution in [-0.2, 0) is 18.4 Å². The lowest BCUT2D eigenvalue weighted by atomic mass is 9.98.